The zero-order valence-electron chi connectivity index (χ0n) is 17.6. The number of rotatable bonds is 7. The van der Waals surface area contributed by atoms with Crippen LogP contribution in [0.3, 0.4) is 0 Å². The van der Waals surface area contributed by atoms with Crippen molar-refractivity contribution >= 4 is 0 Å². The summed E-state index contributed by atoms with van der Waals surface area (Å²) in [5.74, 6) is 2.95. The molecule has 3 aromatic carbocycles. The lowest BCUT2D eigenvalue weighted by molar-refractivity contribution is 0.279. The largest absolute Gasteiger partial charge is 0.493 e. The summed E-state index contributed by atoms with van der Waals surface area (Å²) in [6.45, 7) is 1.34. The van der Waals surface area contributed by atoms with Crippen molar-refractivity contribution in [2.75, 3.05) is 27.9 Å². The van der Waals surface area contributed by atoms with E-state index in [1.807, 2.05) is 30.3 Å². The molecule has 0 fully saturated rings. The summed E-state index contributed by atoms with van der Waals surface area (Å²) < 4.78 is 23.0. The van der Waals surface area contributed by atoms with Crippen molar-refractivity contribution in [1.82, 2.24) is 5.32 Å². The Kier molecular flexibility index (Phi) is 6.10. The minimum atomic E-state index is -0.0329. The van der Waals surface area contributed by atoms with Gasteiger partial charge in [-0.3, -0.25) is 0 Å². The molecule has 30 heavy (non-hydrogen) atoms. The van der Waals surface area contributed by atoms with Gasteiger partial charge < -0.3 is 24.3 Å². The summed E-state index contributed by atoms with van der Waals surface area (Å²) in [6, 6.07) is 20.3. The zero-order valence-corrected chi connectivity index (χ0v) is 17.6. The van der Waals surface area contributed by atoms with Crippen molar-refractivity contribution in [3.63, 3.8) is 0 Å². The highest BCUT2D eigenvalue weighted by Gasteiger charge is 2.27. The maximum absolute atomic E-state index is 6.29. The van der Waals surface area contributed by atoms with Crippen LogP contribution in [0.5, 0.6) is 23.0 Å². The van der Waals surface area contributed by atoms with Gasteiger partial charge in [0, 0.05) is 12.1 Å². The van der Waals surface area contributed by atoms with Gasteiger partial charge in [-0.1, -0.05) is 42.5 Å². The maximum Gasteiger partial charge on any atom is 0.166 e. The molecule has 3 aromatic rings. The van der Waals surface area contributed by atoms with Gasteiger partial charge in [0.2, 0.25) is 0 Å². The second-order valence-electron chi connectivity index (χ2n) is 7.20. The van der Waals surface area contributed by atoms with Gasteiger partial charge in [0.05, 0.1) is 27.4 Å². The lowest BCUT2D eigenvalue weighted by atomic mass is 9.88. The van der Waals surface area contributed by atoms with E-state index < -0.39 is 0 Å². The smallest absolute Gasteiger partial charge is 0.166 e. The third-order valence-corrected chi connectivity index (χ3v) is 5.47. The number of para-hydroxylation sites is 1. The minimum absolute atomic E-state index is 0.0329. The van der Waals surface area contributed by atoms with E-state index in [1.54, 1.807) is 21.3 Å². The van der Waals surface area contributed by atoms with Crippen LogP contribution in [0, 0.1) is 0 Å². The molecule has 0 amide bonds. The Morgan fingerprint density at radius 1 is 0.800 bits per heavy atom. The third kappa shape index (κ3) is 3.94. The summed E-state index contributed by atoms with van der Waals surface area (Å²) >= 11 is 0. The second-order valence-corrected chi connectivity index (χ2v) is 7.20. The lowest BCUT2D eigenvalue weighted by Gasteiger charge is -2.30. The summed E-state index contributed by atoms with van der Waals surface area (Å²) in [6.07, 6.45) is 0.927. The van der Waals surface area contributed by atoms with Crippen LogP contribution >= 0.6 is 0 Å². The van der Waals surface area contributed by atoms with Crippen molar-refractivity contribution in [3.8, 4) is 23.0 Å². The first-order valence-corrected chi connectivity index (χ1v) is 10.1. The molecule has 1 aliphatic rings. The number of ether oxygens (including phenoxy) is 4. The lowest BCUT2D eigenvalue weighted by Crippen LogP contribution is -2.31. The first kappa shape index (κ1) is 20.1. The van der Waals surface area contributed by atoms with Gasteiger partial charge in [0.25, 0.3) is 0 Å². The molecule has 1 N–H and O–H groups in total. The molecule has 5 nitrogen and oxygen atoms in total. The fourth-order valence-electron chi connectivity index (χ4n) is 3.97. The predicted octanol–water partition coefficient (Wildman–Crippen LogP) is 4.53. The van der Waals surface area contributed by atoms with Crippen LogP contribution in [0.15, 0.2) is 60.7 Å². The van der Waals surface area contributed by atoms with Crippen LogP contribution < -0.4 is 24.3 Å². The quantitative estimate of drug-likeness (QED) is 0.626. The molecular weight excluding hydrogens is 378 g/mol. The standard InChI is InChI=1S/C25H27NO4/c1-27-21-11-7-10-19(25(21)30-16-17-8-5-4-6-9-17)24-20-15-23(29-3)22(28-2)14-18(20)12-13-26-24/h4-11,14-15,24,26H,12-13,16H2,1-3H3. The highest BCUT2D eigenvalue weighted by atomic mass is 16.5. The van der Waals surface area contributed by atoms with Crippen LogP contribution in [-0.2, 0) is 13.0 Å². The van der Waals surface area contributed by atoms with Gasteiger partial charge in [-0.05, 0) is 41.3 Å². The Hall–Kier alpha value is -3.18. The van der Waals surface area contributed by atoms with E-state index >= 15 is 0 Å². The fraction of sp³-hybridized carbons (Fsp3) is 0.280. The number of hydrogen-bond donors (Lipinski definition) is 1. The monoisotopic (exact) mass is 405 g/mol. The number of benzene rings is 3. The average molecular weight is 405 g/mol. The van der Waals surface area contributed by atoms with E-state index in [0.29, 0.717) is 6.61 Å². The minimum Gasteiger partial charge on any atom is -0.493 e. The van der Waals surface area contributed by atoms with Crippen molar-refractivity contribution in [1.29, 1.82) is 0 Å². The second kappa shape index (κ2) is 9.09. The van der Waals surface area contributed by atoms with Gasteiger partial charge >= 0.3 is 0 Å². The summed E-state index contributed by atoms with van der Waals surface area (Å²) in [5, 5.41) is 3.64. The molecule has 0 bridgehead atoms. The van der Waals surface area contributed by atoms with E-state index in [0.717, 1.165) is 52.7 Å². The van der Waals surface area contributed by atoms with Gasteiger partial charge in [-0.2, -0.15) is 0 Å². The molecule has 1 unspecified atom stereocenters. The Morgan fingerprint density at radius 2 is 1.53 bits per heavy atom. The number of fused-ring (bicyclic) bond motifs is 1. The van der Waals surface area contributed by atoms with Crippen molar-refractivity contribution < 1.29 is 18.9 Å². The first-order chi connectivity index (χ1) is 14.7. The zero-order chi connectivity index (χ0) is 20.9. The molecule has 1 heterocycles. The average Bonchev–Trinajstić information content (AvgIpc) is 2.81. The van der Waals surface area contributed by atoms with Crippen LogP contribution in [0.1, 0.15) is 28.3 Å². The molecule has 0 aromatic heterocycles. The molecule has 4 rings (SSSR count). The third-order valence-electron chi connectivity index (χ3n) is 5.47. The summed E-state index contributed by atoms with van der Waals surface area (Å²) in [4.78, 5) is 0. The Balaban J connectivity index is 1.74. The fourth-order valence-corrected chi connectivity index (χ4v) is 3.97. The molecule has 0 aliphatic carbocycles. The normalized spacial score (nSPS) is 15.2. The Morgan fingerprint density at radius 3 is 2.27 bits per heavy atom. The SMILES string of the molecule is COc1cc2c(cc1OC)C(c1cccc(OC)c1OCc1ccccc1)NCC2. The van der Waals surface area contributed by atoms with Gasteiger partial charge in [-0.25, -0.2) is 0 Å². The van der Waals surface area contributed by atoms with Gasteiger partial charge in [-0.15, -0.1) is 0 Å². The number of hydrogen-bond acceptors (Lipinski definition) is 5. The van der Waals surface area contributed by atoms with Crippen LogP contribution in [-0.4, -0.2) is 27.9 Å². The van der Waals surface area contributed by atoms with Crippen molar-refractivity contribution in [3.05, 3.63) is 82.9 Å². The molecule has 0 saturated heterocycles. The van der Waals surface area contributed by atoms with Crippen LogP contribution in [0.4, 0.5) is 0 Å². The van der Waals surface area contributed by atoms with E-state index in [-0.39, 0.29) is 6.04 Å². The van der Waals surface area contributed by atoms with E-state index in [9.17, 15) is 0 Å². The molecule has 0 radical (unpaired) electrons. The molecule has 156 valence electrons. The molecule has 0 saturated carbocycles. The number of methoxy groups -OCH3 is 3. The Labute approximate surface area is 177 Å². The molecule has 1 aliphatic heterocycles. The molecule has 1 atom stereocenters. The maximum atomic E-state index is 6.29. The molecular formula is C25H27NO4. The predicted molar refractivity (Wildman–Crippen MR) is 117 cm³/mol. The van der Waals surface area contributed by atoms with Crippen LogP contribution in [0.25, 0.3) is 0 Å². The Bertz CT molecular complexity index is 1000. The molecule has 0 spiro atoms. The van der Waals surface area contributed by atoms with Crippen molar-refractivity contribution in [2.24, 2.45) is 0 Å². The summed E-state index contributed by atoms with van der Waals surface area (Å²) in [5.41, 5.74) is 4.56. The van der Waals surface area contributed by atoms with E-state index in [1.165, 1.54) is 5.56 Å². The summed E-state index contributed by atoms with van der Waals surface area (Å²) in [7, 11) is 5.00. The first-order valence-electron chi connectivity index (χ1n) is 10.1. The van der Waals surface area contributed by atoms with Gasteiger partial charge in [0.15, 0.2) is 23.0 Å². The molecule has 5 heteroatoms. The van der Waals surface area contributed by atoms with E-state index in [4.69, 9.17) is 18.9 Å². The van der Waals surface area contributed by atoms with E-state index in [2.05, 4.69) is 35.6 Å². The highest BCUT2D eigenvalue weighted by molar-refractivity contribution is 5.56. The number of nitrogens with one attached hydrogen (secondary N) is 1. The highest BCUT2D eigenvalue weighted by Crippen LogP contribution is 2.42. The van der Waals surface area contributed by atoms with Crippen LogP contribution in [0.2, 0.25) is 0 Å². The topological polar surface area (TPSA) is 49.0 Å². The van der Waals surface area contributed by atoms with Gasteiger partial charge in [0.1, 0.15) is 6.61 Å². The van der Waals surface area contributed by atoms with Crippen molar-refractivity contribution in [2.45, 2.75) is 19.1 Å².